The second-order valence-corrected chi connectivity index (χ2v) is 9.17. The first kappa shape index (κ1) is 18.2. The summed E-state index contributed by atoms with van der Waals surface area (Å²) in [5.41, 5.74) is 0.851. The van der Waals surface area contributed by atoms with Crippen molar-refractivity contribution in [3.05, 3.63) is 23.9 Å². The summed E-state index contributed by atoms with van der Waals surface area (Å²) in [5, 5.41) is 0.617. The smallest absolute Gasteiger partial charge is 0.341 e. The maximum atomic E-state index is 12.7. The van der Waals surface area contributed by atoms with Gasteiger partial charge in [-0.3, -0.25) is 4.79 Å². The van der Waals surface area contributed by atoms with Crippen LogP contribution in [0.15, 0.2) is 23.4 Å². The van der Waals surface area contributed by atoms with E-state index in [4.69, 9.17) is 4.74 Å². The van der Waals surface area contributed by atoms with Gasteiger partial charge in [0.1, 0.15) is 5.03 Å². The Morgan fingerprint density at radius 1 is 1.36 bits per heavy atom. The average Bonchev–Trinajstić information content (AvgIpc) is 2.81. The number of aromatic nitrogens is 1. The lowest BCUT2D eigenvalue weighted by atomic mass is 9.65. The van der Waals surface area contributed by atoms with E-state index >= 15 is 0 Å². The highest BCUT2D eigenvalue weighted by Crippen LogP contribution is 2.52. The fraction of sp³-hybridized carbons (Fsp3) is 0.632. The lowest BCUT2D eigenvalue weighted by Gasteiger charge is -2.39. The van der Waals surface area contributed by atoms with Gasteiger partial charge in [-0.25, -0.2) is 9.78 Å². The molecule has 1 aromatic heterocycles. The number of carbonyl (C=O) groups excluding carboxylic acids is 2. The zero-order valence-corrected chi connectivity index (χ0v) is 16.2. The SMILES string of the molecule is CSc1ncccc1C(=O)OCC(=O)N1C[C@]2(C)C[C@H]1CC(C)(C)C2. The van der Waals surface area contributed by atoms with Gasteiger partial charge in [0, 0.05) is 18.8 Å². The maximum absolute atomic E-state index is 12.7. The van der Waals surface area contributed by atoms with E-state index in [1.54, 1.807) is 18.3 Å². The summed E-state index contributed by atoms with van der Waals surface area (Å²) >= 11 is 1.39. The van der Waals surface area contributed by atoms with Gasteiger partial charge in [-0.1, -0.05) is 20.8 Å². The Balaban J connectivity index is 1.63. The van der Waals surface area contributed by atoms with Crippen molar-refractivity contribution in [1.29, 1.82) is 0 Å². The Morgan fingerprint density at radius 2 is 2.12 bits per heavy atom. The number of hydrogen-bond acceptors (Lipinski definition) is 5. The summed E-state index contributed by atoms with van der Waals surface area (Å²) in [6, 6.07) is 3.64. The van der Waals surface area contributed by atoms with Gasteiger partial charge in [-0.2, -0.15) is 0 Å². The van der Waals surface area contributed by atoms with Crippen LogP contribution < -0.4 is 0 Å². The highest BCUT2D eigenvalue weighted by Gasteiger charge is 2.50. The summed E-state index contributed by atoms with van der Waals surface area (Å²) in [6.07, 6.45) is 6.70. The average molecular weight is 362 g/mol. The largest absolute Gasteiger partial charge is 0.452 e. The van der Waals surface area contributed by atoms with Crippen molar-refractivity contribution in [3.8, 4) is 0 Å². The molecule has 1 aliphatic carbocycles. The minimum atomic E-state index is -0.487. The van der Waals surface area contributed by atoms with Crippen molar-refractivity contribution >= 4 is 23.6 Å². The van der Waals surface area contributed by atoms with Crippen LogP contribution >= 0.6 is 11.8 Å². The zero-order chi connectivity index (χ0) is 18.2. The fourth-order valence-corrected chi connectivity index (χ4v) is 5.29. The van der Waals surface area contributed by atoms with Crippen molar-refractivity contribution in [2.45, 2.75) is 51.1 Å². The molecule has 0 aromatic carbocycles. The quantitative estimate of drug-likeness (QED) is 0.607. The molecule has 2 fully saturated rings. The molecule has 2 atom stereocenters. The van der Waals surface area contributed by atoms with E-state index in [-0.39, 0.29) is 29.4 Å². The highest BCUT2D eigenvalue weighted by atomic mass is 32.2. The molecule has 1 aliphatic heterocycles. The standard InChI is InChI=1S/C19H26N2O3S/c1-18(2)8-13-9-19(3,11-18)12-21(13)15(22)10-24-17(23)14-6-5-7-20-16(14)25-4/h5-7,13H,8-12H2,1-4H3/t13-,19-/m1/s1. The minimum absolute atomic E-state index is 0.0885. The number of esters is 1. The topological polar surface area (TPSA) is 59.5 Å². The number of ether oxygens (including phenoxy) is 1. The second kappa shape index (κ2) is 6.63. The molecule has 1 aromatic rings. The van der Waals surface area contributed by atoms with Gasteiger partial charge in [-0.05, 0) is 48.5 Å². The molecule has 3 rings (SSSR count). The molecule has 1 saturated heterocycles. The summed E-state index contributed by atoms with van der Waals surface area (Å²) in [4.78, 5) is 31.0. The molecular formula is C19H26N2O3S. The van der Waals surface area contributed by atoms with Gasteiger partial charge in [0.05, 0.1) is 5.56 Å². The molecule has 25 heavy (non-hydrogen) atoms. The van der Waals surface area contributed by atoms with Crippen LogP contribution in [0.5, 0.6) is 0 Å². The Kier molecular flexibility index (Phi) is 4.84. The number of likely N-dealkylation sites (tertiary alicyclic amines) is 1. The molecule has 0 N–H and O–H groups in total. The number of nitrogens with zero attached hydrogens (tertiary/aromatic N) is 2. The van der Waals surface area contributed by atoms with E-state index in [0.29, 0.717) is 10.6 Å². The number of amides is 1. The molecule has 0 radical (unpaired) electrons. The Morgan fingerprint density at radius 3 is 2.84 bits per heavy atom. The second-order valence-electron chi connectivity index (χ2n) is 8.37. The van der Waals surface area contributed by atoms with E-state index in [1.165, 1.54) is 11.8 Å². The summed E-state index contributed by atoms with van der Waals surface area (Å²) in [6.45, 7) is 7.38. The lowest BCUT2D eigenvalue weighted by Crippen LogP contribution is -2.39. The van der Waals surface area contributed by atoms with E-state index < -0.39 is 5.97 Å². The Hall–Kier alpha value is -1.56. The third-order valence-electron chi connectivity index (χ3n) is 5.25. The van der Waals surface area contributed by atoms with Crippen LogP contribution in [0.2, 0.25) is 0 Å². The molecule has 1 saturated carbocycles. The van der Waals surface area contributed by atoms with Gasteiger partial charge in [0.15, 0.2) is 6.61 Å². The first-order chi connectivity index (χ1) is 11.7. The van der Waals surface area contributed by atoms with Crippen molar-refractivity contribution < 1.29 is 14.3 Å². The van der Waals surface area contributed by atoms with Crippen LogP contribution in [0, 0.1) is 10.8 Å². The summed E-state index contributed by atoms with van der Waals surface area (Å²) in [5.74, 6) is -0.575. The first-order valence-electron chi connectivity index (χ1n) is 8.69. The summed E-state index contributed by atoms with van der Waals surface area (Å²) < 4.78 is 5.29. The Labute approximate surface area is 153 Å². The predicted octanol–water partition coefficient (Wildman–Crippen LogP) is 3.39. The number of carbonyl (C=O) groups is 2. The monoisotopic (exact) mass is 362 g/mol. The maximum Gasteiger partial charge on any atom is 0.341 e. The normalized spacial score (nSPS) is 27.2. The molecule has 2 bridgehead atoms. The molecule has 0 spiro atoms. The van der Waals surface area contributed by atoms with Crippen LogP contribution in [0.3, 0.4) is 0 Å². The summed E-state index contributed by atoms with van der Waals surface area (Å²) in [7, 11) is 0. The van der Waals surface area contributed by atoms with Crippen LogP contribution in [0.1, 0.15) is 50.4 Å². The van der Waals surface area contributed by atoms with E-state index in [9.17, 15) is 9.59 Å². The van der Waals surface area contributed by atoms with Gasteiger partial charge in [0.25, 0.3) is 5.91 Å². The third-order valence-corrected chi connectivity index (χ3v) is 5.96. The fourth-order valence-electron chi connectivity index (χ4n) is 4.75. The molecule has 6 heteroatoms. The number of rotatable bonds is 4. The van der Waals surface area contributed by atoms with Crippen LogP contribution in [-0.4, -0.2) is 47.2 Å². The van der Waals surface area contributed by atoms with Gasteiger partial charge in [-0.15, -0.1) is 11.8 Å². The van der Waals surface area contributed by atoms with Crippen LogP contribution in [0.4, 0.5) is 0 Å². The zero-order valence-electron chi connectivity index (χ0n) is 15.4. The molecule has 1 amide bonds. The van der Waals surface area contributed by atoms with Crippen molar-refractivity contribution in [2.75, 3.05) is 19.4 Å². The number of thioether (sulfide) groups is 1. The van der Waals surface area contributed by atoms with Crippen molar-refractivity contribution in [2.24, 2.45) is 10.8 Å². The van der Waals surface area contributed by atoms with Gasteiger partial charge < -0.3 is 9.64 Å². The molecule has 5 nitrogen and oxygen atoms in total. The van der Waals surface area contributed by atoms with Gasteiger partial charge >= 0.3 is 5.97 Å². The molecule has 0 unspecified atom stereocenters. The van der Waals surface area contributed by atoms with Crippen LogP contribution in [0.25, 0.3) is 0 Å². The number of pyridine rings is 1. The molecule has 2 aliphatic rings. The third kappa shape index (κ3) is 3.84. The van der Waals surface area contributed by atoms with E-state index in [1.807, 2.05) is 11.2 Å². The highest BCUT2D eigenvalue weighted by molar-refractivity contribution is 7.98. The van der Waals surface area contributed by atoms with Crippen LogP contribution in [-0.2, 0) is 9.53 Å². The van der Waals surface area contributed by atoms with Crippen molar-refractivity contribution in [1.82, 2.24) is 9.88 Å². The lowest BCUT2D eigenvalue weighted by molar-refractivity contribution is -0.135. The van der Waals surface area contributed by atoms with Gasteiger partial charge in [0.2, 0.25) is 0 Å². The molecule has 136 valence electrons. The minimum Gasteiger partial charge on any atom is -0.452 e. The first-order valence-corrected chi connectivity index (χ1v) is 9.91. The number of fused-ring (bicyclic) bond motifs is 2. The van der Waals surface area contributed by atoms with E-state index in [0.717, 1.165) is 25.8 Å². The molecular weight excluding hydrogens is 336 g/mol. The van der Waals surface area contributed by atoms with Crippen molar-refractivity contribution in [3.63, 3.8) is 0 Å². The predicted molar refractivity (Wildman–Crippen MR) is 97.5 cm³/mol. The van der Waals surface area contributed by atoms with E-state index in [2.05, 4.69) is 25.8 Å². The Bertz CT molecular complexity index is 691. The molecule has 2 heterocycles. The number of hydrogen-bond donors (Lipinski definition) is 0.